The predicted octanol–water partition coefficient (Wildman–Crippen LogP) is 3.07. The number of allylic oxidation sites excluding steroid dienone is 3. The van der Waals surface area contributed by atoms with Crippen molar-refractivity contribution in [2.45, 2.75) is 19.8 Å². The Morgan fingerprint density at radius 2 is 2.31 bits per heavy atom. The number of aliphatic imine (C=N–C) groups is 1. The molecule has 0 atom stereocenters. The minimum atomic E-state index is 0.448. The molecule has 0 aromatic carbocycles. The Bertz CT molecular complexity index is 285. The second kappa shape index (κ2) is 8.53. The fourth-order valence-electron chi connectivity index (χ4n) is 1.21. The summed E-state index contributed by atoms with van der Waals surface area (Å²) in [6.07, 6.45) is 7.85. The number of alkyl halides is 1. The third-order valence-corrected chi connectivity index (χ3v) is 2.62. The number of hydrogen-bond donors (Lipinski definition) is 0. The molecule has 0 aromatic rings. The Hall–Kier alpha value is -0.610. The molecule has 16 heavy (non-hydrogen) atoms. The van der Waals surface area contributed by atoms with Crippen molar-refractivity contribution in [1.29, 1.82) is 0 Å². The molecule has 0 fully saturated rings. The molecule has 0 radical (unpaired) electrons. The smallest absolute Gasteiger partial charge is 0.137 e. The zero-order chi connectivity index (χ0) is 11.6. The average Bonchev–Trinajstić information content (AvgIpc) is 2.32. The van der Waals surface area contributed by atoms with Crippen LogP contribution in [-0.4, -0.2) is 31.0 Å². The van der Waals surface area contributed by atoms with Gasteiger partial charge in [0.15, 0.2) is 0 Å². The van der Waals surface area contributed by atoms with Crippen LogP contribution in [0.3, 0.4) is 0 Å². The molecule has 0 N–H and O–H groups in total. The standard InChI is InChI=1S/C12H18BrNO2/c1-2-15-10-14-11-4-6-12(7-5-11)16-9-3-8-13/h4,6-7H,2-3,5,8-10H2,1H3. The molecule has 0 amide bonds. The van der Waals surface area contributed by atoms with Crippen LogP contribution < -0.4 is 0 Å². The van der Waals surface area contributed by atoms with Crippen LogP contribution in [0.15, 0.2) is 29.0 Å². The first-order valence-electron chi connectivity index (χ1n) is 5.55. The van der Waals surface area contributed by atoms with Crippen LogP contribution in [0.5, 0.6) is 0 Å². The summed E-state index contributed by atoms with van der Waals surface area (Å²) in [7, 11) is 0. The van der Waals surface area contributed by atoms with E-state index < -0.39 is 0 Å². The van der Waals surface area contributed by atoms with E-state index in [2.05, 4.69) is 27.0 Å². The number of ether oxygens (including phenoxy) is 2. The van der Waals surface area contributed by atoms with Crippen molar-refractivity contribution < 1.29 is 9.47 Å². The summed E-state index contributed by atoms with van der Waals surface area (Å²) >= 11 is 3.37. The van der Waals surface area contributed by atoms with Gasteiger partial charge in [0.1, 0.15) is 12.5 Å². The van der Waals surface area contributed by atoms with Crippen LogP contribution in [0.25, 0.3) is 0 Å². The largest absolute Gasteiger partial charge is 0.494 e. The lowest BCUT2D eigenvalue weighted by molar-refractivity contribution is 0.156. The van der Waals surface area contributed by atoms with Gasteiger partial charge in [-0.05, 0) is 31.6 Å². The summed E-state index contributed by atoms with van der Waals surface area (Å²) < 4.78 is 10.7. The molecule has 0 aliphatic heterocycles. The summed E-state index contributed by atoms with van der Waals surface area (Å²) in [4.78, 5) is 4.30. The van der Waals surface area contributed by atoms with Crippen molar-refractivity contribution in [3.8, 4) is 0 Å². The van der Waals surface area contributed by atoms with Crippen molar-refractivity contribution in [2.24, 2.45) is 4.99 Å². The molecule has 1 rings (SSSR count). The van der Waals surface area contributed by atoms with Crippen molar-refractivity contribution in [3.63, 3.8) is 0 Å². The SMILES string of the molecule is CCOCN=C1C=CC(OCCCBr)=CC1. The van der Waals surface area contributed by atoms with Crippen LogP contribution in [0.1, 0.15) is 19.8 Å². The van der Waals surface area contributed by atoms with Crippen LogP contribution in [0.4, 0.5) is 0 Å². The maximum Gasteiger partial charge on any atom is 0.137 e. The molecule has 0 aromatic heterocycles. The first kappa shape index (κ1) is 13.5. The van der Waals surface area contributed by atoms with E-state index in [1.165, 1.54) is 0 Å². The van der Waals surface area contributed by atoms with Gasteiger partial charge in [-0.1, -0.05) is 15.9 Å². The monoisotopic (exact) mass is 287 g/mol. The van der Waals surface area contributed by atoms with Crippen LogP contribution in [0, 0.1) is 0 Å². The second-order valence-corrected chi connectivity index (χ2v) is 4.10. The lowest BCUT2D eigenvalue weighted by atomic mass is 10.1. The molecular weight excluding hydrogens is 270 g/mol. The van der Waals surface area contributed by atoms with E-state index in [1.54, 1.807) is 0 Å². The number of rotatable bonds is 7. The third kappa shape index (κ3) is 5.47. The Kier molecular flexibility index (Phi) is 7.17. The van der Waals surface area contributed by atoms with E-state index in [0.29, 0.717) is 13.3 Å². The van der Waals surface area contributed by atoms with Gasteiger partial charge in [0.2, 0.25) is 0 Å². The van der Waals surface area contributed by atoms with E-state index in [4.69, 9.17) is 9.47 Å². The Morgan fingerprint density at radius 3 is 2.94 bits per heavy atom. The molecule has 1 aliphatic carbocycles. The lowest BCUT2D eigenvalue weighted by Gasteiger charge is -2.10. The maximum absolute atomic E-state index is 5.56. The first-order valence-corrected chi connectivity index (χ1v) is 6.67. The van der Waals surface area contributed by atoms with Crippen LogP contribution in [0.2, 0.25) is 0 Å². The van der Waals surface area contributed by atoms with Gasteiger partial charge in [-0.25, -0.2) is 0 Å². The zero-order valence-corrected chi connectivity index (χ0v) is 11.2. The van der Waals surface area contributed by atoms with Crippen LogP contribution in [-0.2, 0) is 9.47 Å². The maximum atomic E-state index is 5.56. The normalized spacial score (nSPS) is 17.6. The number of nitrogens with zero attached hydrogens (tertiary/aromatic N) is 1. The Balaban J connectivity index is 2.26. The highest BCUT2D eigenvalue weighted by molar-refractivity contribution is 9.09. The molecule has 0 unspecified atom stereocenters. The van der Waals surface area contributed by atoms with Crippen molar-refractivity contribution in [1.82, 2.24) is 0 Å². The van der Waals surface area contributed by atoms with Gasteiger partial charge in [0.05, 0.1) is 6.61 Å². The molecule has 0 saturated heterocycles. The van der Waals surface area contributed by atoms with Gasteiger partial charge in [-0.3, -0.25) is 4.99 Å². The molecule has 0 saturated carbocycles. The lowest BCUT2D eigenvalue weighted by Crippen LogP contribution is -2.03. The third-order valence-electron chi connectivity index (χ3n) is 2.06. The van der Waals surface area contributed by atoms with Crippen molar-refractivity contribution in [2.75, 3.05) is 25.3 Å². The Labute approximate surface area is 105 Å². The zero-order valence-electron chi connectivity index (χ0n) is 9.62. The molecule has 0 heterocycles. The quantitative estimate of drug-likeness (QED) is 0.532. The molecule has 4 heteroatoms. The van der Waals surface area contributed by atoms with E-state index >= 15 is 0 Å². The van der Waals surface area contributed by atoms with Crippen LogP contribution >= 0.6 is 15.9 Å². The molecular formula is C12H18BrNO2. The summed E-state index contributed by atoms with van der Waals surface area (Å²) in [6, 6.07) is 0. The topological polar surface area (TPSA) is 30.8 Å². The molecule has 3 nitrogen and oxygen atoms in total. The second-order valence-electron chi connectivity index (χ2n) is 3.31. The molecule has 0 bridgehead atoms. The highest BCUT2D eigenvalue weighted by Gasteiger charge is 2.02. The van der Waals surface area contributed by atoms with Gasteiger partial charge in [-0.15, -0.1) is 0 Å². The molecule has 1 aliphatic rings. The summed E-state index contributed by atoms with van der Waals surface area (Å²) in [6.45, 7) is 3.88. The minimum Gasteiger partial charge on any atom is -0.494 e. The van der Waals surface area contributed by atoms with Gasteiger partial charge >= 0.3 is 0 Å². The summed E-state index contributed by atoms with van der Waals surface area (Å²) in [5, 5.41) is 0.977. The Morgan fingerprint density at radius 1 is 1.44 bits per heavy atom. The molecule has 90 valence electrons. The molecule has 0 spiro atoms. The van der Waals surface area contributed by atoms with E-state index in [9.17, 15) is 0 Å². The number of hydrogen-bond acceptors (Lipinski definition) is 3. The van der Waals surface area contributed by atoms with Gasteiger partial charge in [-0.2, -0.15) is 0 Å². The highest BCUT2D eigenvalue weighted by atomic mass is 79.9. The van der Waals surface area contributed by atoms with E-state index in [1.807, 2.05) is 19.1 Å². The first-order chi connectivity index (χ1) is 7.86. The van der Waals surface area contributed by atoms with Gasteiger partial charge < -0.3 is 9.47 Å². The van der Waals surface area contributed by atoms with E-state index in [-0.39, 0.29) is 0 Å². The van der Waals surface area contributed by atoms with Crippen molar-refractivity contribution in [3.05, 3.63) is 24.0 Å². The van der Waals surface area contributed by atoms with Gasteiger partial charge in [0.25, 0.3) is 0 Å². The van der Waals surface area contributed by atoms with E-state index in [0.717, 1.165) is 36.2 Å². The fourth-order valence-corrected chi connectivity index (χ4v) is 1.44. The predicted molar refractivity (Wildman–Crippen MR) is 70.1 cm³/mol. The van der Waals surface area contributed by atoms with Gasteiger partial charge in [0, 0.05) is 24.1 Å². The summed E-state index contributed by atoms with van der Waals surface area (Å²) in [5.41, 5.74) is 1.04. The summed E-state index contributed by atoms with van der Waals surface area (Å²) in [5.74, 6) is 0.941. The van der Waals surface area contributed by atoms with Crippen molar-refractivity contribution >= 4 is 21.6 Å². The number of halogens is 1. The minimum absolute atomic E-state index is 0.448. The highest BCUT2D eigenvalue weighted by Crippen LogP contribution is 2.10. The average molecular weight is 288 g/mol. The fraction of sp³-hybridized carbons (Fsp3) is 0.583.